The molecule has 1 aromatic heterocycles. The molecule has 1 saturated heterocycles. The van der Waals surface area contributed by atoms with Gasteiger partial charge in [-0.25, -0.2) is 0 Å². The molecule has 1 aromatic rings. The van der Waals surface area contributed by atoms with Gasteiger partial charge in [-0.3, -0.25) is 9.78 Å². The summed E-state index contributed by atoms with van der Waals surface area (Å²) in [6.45, 7) is 4.63. The smallest absolute Gasteiger partial charge is 0.167 e. The molecule has 3 heteroatoms. The molecule has 3 rings (SSSR count). The normalized spacial score (nSPS) is 25.0. The number of aryl methyl sites for hydroxylation is 2. The van der Waals surface area contributed by atoms with E-state index in [9.17, 15) is 4.79 Å². The molecule has 3 nitrogen and oxygen atoms in total. The third kappa shape index (κ3) is 2.51. The summed E-state index contributed by atoms with van der Waals surface area (Å²) in [6.07, 6.45) is 6.49. The van der Waals surface area contributed by atoms with E-state index in [0.717, 1.165) is 49.2 Å². The Bertz CT molecular complexity index is 518. The molecule has 1 spiro atoms. The highest BCUT2D eigenvalue weighted by Crippen LogP contribution is 2.42. The van der Waals surface area contributed by atoms with Crippen molar-refractivity contribution >= 4 is 5.78 Å². The number of ether oxygens (including phenoxy) is 1. The van der Waals surface area contributed by atoms with Gasteiger partial charge in [-0.15, -0.1) is 0 Å². The Morgan fingerprint density at radius 2 is 2.05 bits per heavy atom. The number of aromatic nitrogens is 1. The molecule has 2 heterocycles. The van der Waals surface area contributed by atoms with Gasteiger partial charge >= 0.3 is 0 Å². The second-order valence-electron chi connectivity index (χ2n) is 6.38. The minimum absolute atomic E-state index is 0.00457. The van der Waals surface area contributed by atoms with Crippen LogP contribution in [0.25, 0.3) is 0 Å². The number of carbonyl (C=O) groups excluding carboxylic acids is 1. The van der Waals surface area contributed by atoms with Crippen LogP contribution in [0.1, 0.15) is 60.3 Å². The van der Waals surface area contributed by atoms with Gasteiger partial charge in [-0.1, -0.05) is 12.8 Å². The predicted octanol–water partition coefficient (Wildman–Crippen LogP) is 3.62. The SMILES string of the molecule is Cc1ccc(C(=O)C2CCOC3(CCCC3)C2)c(C)n1. The molecule has 1 aliphatic heterocycles. The number of hydrogen-bond donors (Lipinski definition) is 0. The Morgan fingerprint density at radius 3 is 2.75 bits per heavy atom. The first-order valence-corrected chi connectivity index (χ1v) is 7.72. The zero-order chi connectivity index (χ0) is 14.2. The molecule has 1 atom stereocenters. The fourth-order valence-corrected chi connectivity index (χ4v) is 3.79. The van der Waals surface area contributed by atoms with Crippen molar-refractivity contribution < 1.29 is 9.53 Å². The summed E-state index contributed by atoms with van der Waals surface area (Å²) >= 11 is 0. The lowest BCUT2D eigenvalue weighted by Crippen LogP contribution is -2.40. The van der Waals surface area contributed by atoms with Gasteiger partial charge in [-0.2, -0.15) is 0 Å². The van der Waals surface area contributed by atoms with Gasteiger partial charge in [0.2, 0.25) is 0 Å². The van der Waals surface area contributed by atoms with Crippen molar-refractivity contribution in [2.24, 2.45) is 5.92 Å². The second kappa shape index (κ2) is 5.28. The van der Waals surface area contributed by atoms with Gasteiger partial charge in [0, 0.05) is 29.5 Å². The molecule has 0 aromatic carbocycles. The van der Waals surface area contributed by atoms with Crippen molar-refractivity contribution in [2.75, 3.05) is 6.61 Å². The van der Waals surface area contributed by atoms with E-state index in [2.05, 4.69) is 4.98 Å². The zero-order valence-electron chi connectivity index (χ0n) is 12.4. The van der Waals surface area contributed by atoms with E-state index in [-0.39, 0.29) is 17.3 Å². The highest BCUT2D eigenvalue weighted by Gasteiger charge is 2.42. The second-order valence-corrected chi connectivity index (χ2v) is 6.38. The third-order valence-electron chi connectivity index (χ3n) is 4.87. The number of ketones is 1. The van der Waals surface area contributed by atoms with Gasteiger partial charge in [0.15, 0.2) is 5.78 Å². The Balaban J connectivity index is 1.79. The predicted molar refractivity (Wildman–Crippen MR) is 77.9 cm³/mol. The topological polar surface area (TPSA) is 39.2 Å². The summed E-state index contributed by atoms with van der Waals surface area (Å²) in [5.74, 6) is 0.384. The number of Topliss-reactive ketones (excluding diaryl/α,β-unsaturated/α-hetero) is 1. The molecule has 1 unspecified atom stereocenters. The molecule has 1 aliphatic carbocycles. The first kappa shape index (κ1) is 13.7. The first-order chi connectivity index (χ1) is 9.60. The molecule has 2 fully saturated rings. The monoisotopic (exact) mass is 273 g/mol. The average Bonchev–Trinajstić information content (AvgIpc) is 2.86. The average molecular weight is 273 g/mol. The van der Waals surface area contributed by atoms with Crippen molar-refractivity contribution in [2.45, 2.75) is 58.0 Å². The number of nitrogens with zero attached hydrogens (tertiary/aromatic N) is 1. The van der Waals surface area contributed by atoms with Crippen LogP contribution < -0.4 is 0 Å². The lowest BCUT2D eigenvalue weighted by molar-refractivity contribution is -0.0866. The van der Waals surface area contributed by atoms with Crippen LogP contribution in [0.5, 0.6) is 0 Å². The highest BCUT2D eigenvalue weighted by molar-refractivity contribution is 5.98. The molecule has 2 aliphatic rings. The molecule has 1 saturated carbocycles. The quantitative estimate of drug-likeness (QED) is 0.773. The minimum Gasteiger partial charge on any atom is -0.375 e. The van der Waals surface area contributed by atoms with Crippen LogP contribution in [-0.2, 0) is 4.74 Å². The zero-order valence-corrected chi connectivity index (χ0v) is 12.4. The van der Waals surface area contributed by atoms with Crippen LogP contribution in [-0.4, -0.2) is 23.0 Å². The van der Waals surface area contributed by atoms with Crippen LogP contribution in [0, 0.1) is 19.8 Å². The Morgan fingerprint density at radius 1 is 1.30 bits per heavy atom. The Kier molecular flexibility index (Phi) is 3.63. The minimum atomic E-state index is 0.00457. The van der Waals surface area contributed by atoms with Crippen molar-refractivity contribution in [1.29, 1.82) is 0 Å². The van der Waals surface area contributed by atoms with E-state index in [1.165, 1.54) is 12.8 Å². The van der Waals surface area contributed by atoms with E-state index in [0.29, 0.717) is 0 Å². The summed E-state index contributed by atoms with van der Waals surface area (Å²) in [5.41, 5.74) is 2.64. The summed E-state index contributed by atoms with van der Waals surface area (Å²) in [7, 11) is 0. The van der Waals surface area contributed by atoms with Crippen molar-refractivity contribution in [3.05, 3.63) is 29.1 Å². The molecule has 0 amide bonds. The fourth-order valence-electron chi connectivity index (χ4n) is 3.79. The maximum atomic E-state index is 12.8. The molecule has 0 N–H and O–H groups in total. The third-order valence-corrected chi connectivity index (χ3v) is 4.87. The van der Waals surface area contributed by atoms with Gasteiger partial charge in [0.1, 0.15) is 0 Å². The number of rotatable bonds is 2. The van der Waals surface area contributed by atoms with E-state index < -0.39 is 0 Å². The van der Waals surface area contributed by atoms with Gasteiger partial charge in [0.05, 0.1) is 5.60 Å². The van der Waals surface area contributed by atoms with E-state index in [1.54, 1.807) is 0 Å². The fraction of sp³-hybridized carbons (Fsp3) is 0.647. The molecular weight excluding hydrogens is 250 g/mol. The van der Waals surface area contributed by atoms with Crippen molar-refractivity contribution in [3.63, 3.8) is 0 Å². The van der Waals surface area contributed by atoms with Crippen molar-refractivity contribution in [3.8, 4) is 0 Å². The van der Waals surface area contributed by atoms with Gasteiger partial charge in [0.25, 0.3) is 0 Å². The highest BCUT2D eigenvalue weighted by atomic mass is 16.5. The Hall–Kier alpha value is -1.22. The van der Waals surface area contributed by atoms with Gasteiger partial charge < -0.3 is 4.74 Å². The molecule has 0 bridgehead atoms. The molecule has 0 radical (unpaired) electrons. The molecular formula is C17H23NO2. The molecule has 20 heavy (non-hydrogen) atoms. The number of carbonyl (C=O) groups is 1. The van der Waals surface area contributed by atoms with Crippen molar-refractivity contribution in [1.82, 2.24) is 4.98 Å². The lowest BCUT2D eigenvalue weighted by atomic mass is 9.80. The lowest BCUT2D eigenvalue weighted by Gasteiger charge is -2.37. The first-order valence-electron chi connectivity index (χ1n) is 7.72. The maximum absolute atomic E-state index is 12.8. The summed E-state index contributed by atoms with van der Waals surface area (Å²) < 4.78 is 6.02. The molecule has 108 valence electrons. The van der Waals surface area contributed by atoms with E-state index >= 15 is 0 Å². The largest absolute Gasteiger partial charge is 0.375 e. The maximum Gasteiger partial charge on any atom is 0.167 e. The number of hydrogen-bond acceptors (Lipinski definition) is 3. The summed E-state index contributed by atoms with van der Waals surface area (Å²) in [4.78, 5) is 17.2. The van der Waals surface area contributed by atoms with E-state index in [1.807, 2.05) is 26.0 Å². The van der Waals surface area contributed by atoms with Crippen LogP contribution in [0.3, 0.4) is 0 Å². The van der Waals surface area contributed by atoms with Gasteiger partial charge in [-0.05, 0) is 51.7 Å². The Labute approximate surface area is 120 Å². The van der Waals surface area contributed by atoms with Crippen LogP contribution in [0.2, 0.25) is 0 Å². The van der Waals surface area contributed by atoms with Crippen LogP contribution in [0.15, 0.2) is 12.1 Å². The summed E-state index contributed by atoms with van der Waals surface area (Å²) in [5, 5.41) is 0. The van der Waals surface area contributed by atoms with Crippen LogP contribution >= 0.6 is 0 Å². The number of pyridine rings is 1. The van der Waals surface area contributed by atoms with Crippen LogP contribution in [0.4, 0.5) is 0 Å². The standard InChI is InChI=1S/C17H23NO2/c1-12-5-6-15(13(2)18-12)16(19)14-7-10-20-17(11-14)8-3-4-9-17/h5-6,14H,3-4,7-11H2,1-2H3. The summed E-state index contributed by atoms with van der Waals surface area (Å²) in [6, 6.07) is 3.88. The van der Waals surface area contributed by atoms with E-state index in [4.69, 9.17) is 4.74 Å².